The van der Waals surface area contributed by atoms with Crippen LogP contribution in [0, 0.1) is 22.9 Å². The molecule has 2 aromatic rings. The van der Waals surface area contributed by atoms with Crippen molar-refractivity contribution < 1.29 is 13.2 Å². The molecule has 0 aliphatic heterocycles. The first-order chi connectivity index (χ1) is 9.78. The fourth-order valence-electron chi connectivity index (χ4n) is 3.18. The largest absolute Gasteiger partial charge is 0.324 e. The van der Waals surface area contributed by atoms with Crippen LogP contribution in [0.25, 0.3) is 5.69 Å². The Morgan fingerprint density at radius 1 is 1.24 bits per heavy atom. The Morgan fingerprint density at radius 3 is 2.67 bits per heavy atom. The molecule has 5 heteroatoms. The molecule has 0 fully saturated rings. The zero-order valence-corrected chi connectivity index (χ0v) is 12.0. The lowest BCUT2D eigenvalue weighted by atomic mass is 9.74. The minimum atomic E-state index is -1.19. The second kappa shape index (κ2) is 4.63. The van der Waals surface area contributed by atoms with E-state index in [4.69, 9.17) is 5.73 Å². The van der Waals surface area contributed by atoms with Gasteiger partial charge in [-0.25, -0.2) is 13.2 Å². The van der Waals surface area contributed by atoms with Gasteiger partial charge in [-0.2, -0.15) is 0 Å². The molecule has 0 spiro atoms. The van der Waals surface area contributed by atoms with E-state index in [1.807, 2.05) is 0 Å². The summed E-state index contributed by atoms with van der Waals surface area (Å²) >= 11 is 0. The van der Waals surface area contributed by atoms with Gasteiger partial charge in [-0.15, -0.1) is 0 Å². The molecule has 1 aliphatic carbocycles. The second-order valence-corrected chi connectivity index (χ2v) is 6.46. The average Bonchev–Trinajstić information content (AvgIpc) is 2.76. The van der Waals surface area contributed by atoms with Gasteiger partial charge in [-0.05, 0) is 29.9 Å². The molecule has 2 nitrogen and oxygen atoms in total. The van der Waals surface area contributed by atoms with Gasteiger partial charge in [0.15, 0.2) is 11.6 Å². The molecule has 112 valence electrons. The first-order valence-electron chi connectivity index (χ1n) is 6.89. The smallest absolute Gasteiger partial charge is 0.182 e. The van der Waals surface area contributed by atoms with Crippen LogP contribution in [0.2, 0.25) is 0 Å². The number of hydrogen-bond donors (Lipinski definition) is 1. The van der Waals surface area contributed by atoms with Crippen LogP contribution in [0.3, 0.4) is 0 Å². The maximum atomic E-state index is 14.0. The Balaban J connectivity index is 2.19. The summed E-state index contributed by atoms with van der Waals surface area (Å²) in [6, 6.07) is 3.21. The van der Waals surface area contributed by atoms with Gasteiger partial charge in [0, 0.05) is 30.1 Å². The maximum Gasteiger partial charge on any atom is 0.182 e. The van der Waals surface area contributed by atoms with E-state index in [0.717, 1.165) is 23.7 Å². The number of nitrogens with zero attached hydrogens (tertiary/aromatic N) is 1. The Hall–Kier alpha value is -1.75. The van der Waals surface area contributed by atoms with Crippen LogP contribution in [0.5, 0.6) is 0 Å². The molecule has 1 atom stereocenters. The number of halogens is 3. The fraction of sp³-hybridized carbons (Fsp3) is 0.375. The van der Waals surface area contributed by atoms with Crippen molar-refractivity contribution in [3.05, 3.63) is 53.1 Å². The Labute approximate surface area is 121 Å². The Bertz CT molecular complexity index is 704. The molecule has 1 aromatic carbocycles. The number of aromatic nitrogens is 1. The molecule has 2 N–H and O–H groups in total. The van der Waals surface area contributed by atoms with Crippen LogP contribution in [0.15, 0.2) is 24.4 Å². The molecule has 1 aliphatic rings. The highest BCUT2D eigenvalue weighted by atomic mass is 19.2. The summed E-state index contributed by atoms with van der Waals surface area (Å²) in [5.41, 5.74) is 7.74. The van der Waals surface area contributed by atoms with E-state index >= 15 is 0 Å². The molecular weight excluding hydrogens is 277 g/mol. The zero-order chi connectivity index (χ0) is 15.4. The van der Waals surface area contributed by atoms with Crippen molar-refractivity contribution in [3.8, 4) is 5.69 Å². The minimum Gasteiger partial charge on any atom is -0.324 e. The Kier molecular flexibility index (Phi) is 3.13. The second-order valence-electron chi connectivity index (χ2n) is 6.46. The molecule has 3 rings (SSSR count). The van der Waals surface area contributed by atoms with Gasteiger partial charge in [0.2, 0.25) is 0 Å². The van der Waals surface area contributed by atoms with E-state index in [2.05, 4.69) is 13.8 Å². The first kappa shape index (κ1) is 14.2. The Morgan fingerprint density at radius 2 is 1.95 bits per heavy atom. The third-order valence-electron chi connectivity index (χ3n) is 4.08. The number of fused-ring (bicyclic) bond motifs is 1. The monoisotopic (exact) mass is 294 g/mol. The molecule has 21 heavy (non-hydrogen) atoms. The van der Waals surface area contributed by atoms with Gasteiger partial charge in [0.25, 0.3) is 0 Å². The fourth-order valence-corrected chi connectivity index (χ4v) is 3.18. The van der Waals surface area contributed by atoms with Crippen LogP contribution >= 0.6 is 0 Å². The van der Waals surface area contributed by atoms with Gasteiger partial charge < -0.3 is 10.3 Å². The van der Waals surface area contributed by atoms with Crippen LogP contribution in [-0.2, 0) is 6.42 Å². The molecule has 0 bridgehead atoms. The van der Waals surface area contributed by atoms with Crippen LogP contribution in [-0.4, -0.2) is 4.57 Å². The summed E-state index contributed by atoms with van der Waals surface area (Å²) in [6.07, 6.45) is 3.13. The quantitative estimate of drug-likeness (QED) is 0.795. The molecular formula is C16H17F3N2. The van der Waals surface area contributed by atoms with Crippen molar-refractivity contribution in [3.63, 3.8) is 0 Å². The maximum absolute atomic E-state index is 14.0. The molecule has 1 unspecified atom stereocenters. The van der Waals surface area contributed by atoms with Crippen molar-refractivity contribution in [2.45, 2.75) is 32.7 Å². The van der Waals surface area contributed by atoms with E-state index in [0.29, 0.717) is 12.5 Å². The van der Waals surface area contributed by atoms with Gasteiger partial charge in [0.1, 0.15) is 5.82 Å². The molecule has 1 heterocycles. The minimum absolute atomic E-state index is 0.0368. The molecule has 0 saturated heterocycles. The van der Waals surface area contributed by atoms with E-state index in [-0.39, 0.29) is 17.1 Å². The molecule has 0 radical (unpaired) electrons. The summed E-state index contributed by atoms with van der Waals surface area (Å²) in [5, 5.41) is 0. The van der Waals surface area contributed by atoms with Crippen LogP contribution in [0.1, 0.15) is 37.6 Å². The molecule has 0 saturated carbocycles. The number of hydrogen-bond acceptors (Lipinski definition) is 1. The normalized spacial score (nSPS) is 20.4. The van der Waals surface area contributed by atoms with Crippen molar-refractivity contribution in [1.29, 1.82) is 0 Å². The van der Waals surface area contributed by atoms with Crippen molar-refractivity contribution in [2.24, 2.45) is 11.1 Å². The lowest BCUT2D eigenvalue weighted by Crippen LogP contribution is -2.30. The van der Waals surface area contributed by atoms with Gasteiger partial charge in [-0.1, -0.05) is 13.8 Å². The van der Waals surface area contributed by atoms with Gasteiger partial charge >= 0.3 is 0 Å². The summed E-state index contributed by atoms with van der Waals surface area (Å²) in [6.45, 7) is 4.16. The lowest BCUT2D eigenvalue weighted by Gasteiger charge is -2.34. The lowest BCUT2D eigenvalue weighted by molar-refractivity contribution is 0.278. The molecule has 1 aromatic heterocycles. The number of rotatable bonds is 1. The standard InChI is InChI=1S/C16H17F3N2/c1-16(2)7-12(20)10-3-4-21(14(10)8-16)13-6-9(17)5-11(18)15(13)19/h3-6,12H,7-8,20H2,1-2H3. The number of benzene rings is 1. The highest BCUT2D eigenvalue weighted by molar-refractivity contribution is 5.42. The number of nitrogens with two attached hydrogens (primary N) is 1. The summed E-state index contributed by atoms with van der Waals surface area (Å²) < 4.78 is 42.4. The highest BCUT2D eigenvalue weighted by Gasteiger charge is 2.33. The first-order valence-corrected chi connectivity index (χ1v) is 6.89. The van der Waals surface area contributed by atoms with E-state index in [1.165, 1.54) is 4.57 Å². The van der Waals surface area contributed by atoms with Crippen LogP contribution in [0.4, 0.5) is 13.2 Å². The van der Waals surface area contributed by atoms with Crippen molar-refractivity contribution in [2.75, 3.05) is 0 Å². The topological polar surface area (TPSA) is 30.9 Å². The van der Waals surface area contributed by atoms with E-state index < -0.39 is 17.5 Å². The predicted molar refractivity (Wildman–Crippen MR) is 74.7 cm³/mol. The van der Waals surface area contributed by atoms with E-state index in [9.17, 15) is 13.2 Å². The van der Waals surface area contributed by atoms with Gasteiger partial charge in [0.05, 0.1) is 5.69 Å². The zero-order valence-electron chi connectivity index (χ0n) is 12.0. The third-order valence-corrected chi connectivity index (χ3v) is 4.08. The summed E-state index contributed by atoms with van der Waals surface area (Å²) in [5.74, 6) is -3.04. The third kappa shape index (κ3) is 2.35. The summed E-state index contributed by atoms with van der Waals surface area (Å²) in [7, 11) is 0. The SMILES string of the molecule is CC1(C)Cc2c(ccn2-c2cc(F)cc(F)c2F)C(N)C1. The van der Waals surface area contributed by atoms with Gasteiger partial charge in [-0.3, -0.25) is 0 Å². The average molecular weight is 294 g/mol. The molecule has 0 amide bonds. The van der Waals surface area contributed by atoms with Crippen molar-refractivity contribution in [1.82, 2.24) is 4.57 Å². The van der Waals surface area contributed by atoms with Crippen LogP contribution < -0.4 is 5.73 Å². The van der Waals surface area contributed by atoms with Crippen molar-refractivity contribution >= 4 is 0 Å². The van der Waals surface area contributed by atoms with E-state index in [1.54, 1.807) is 12.3 Å². The predicted octanol–water partition coefficient (Wildman–Crippen LogP) is 3.87. The summed E-state index contributed by atoms with van der Waals surface area (Å²) in [4.78, 5) is 0. The highest BCUT2D eigenvalue weighted by Crippen LogP contribution is 2.41.